The van der Waals surface area contributed by atoms with Crippen LogP contribution in [-0.2, 0) is 16.6 Å². The molecule has 0 bridgehead atoms. The Balaban J connectivity index is 1.89. The second kappa shape index (κ2) is 6.17. The molecule has 2 heterocycles. The number of hydrogen-bond acceptors (Lipinski definition) is 4. The van der Waals surface area contributed by atoms with E-state index in [2.05, 4.69) is 25.8 Å². The maximum absolute atomic E-state index is 12.1. The fourth-order valence-electron chi connectivity index (χ4n) is 1.66. The fourth-order valence-corrected chi connectivity index (χ4v) is 5.14. The van der Waals surface area contributed by atoms with Crippen molar-refractivity contribution in [1.82, 2.24) is 14.5 Å². The topological polar surface area (TPSA) is 64.0 Å². The smallest absolute Gasteiger partial charge is 0.241 e. The van der Waals surface area contributed by atoms with Crippen molar-refractivity contribution in [1.29, 1.82) is 0 Å². The second-order valence-electron chi connectivity index (χ2n) is 3.99. The maximum atomic E-state index is 12.1. The number of hydrogen-bond donors (Lipinski definition) is 1. The minimum atomic E-state index is -3.41. The van der Waals surface area contributed by atoms with E-state index in [0.29, 0.717) is 24.4 Å². The average molecular weight is 364 g/mol. The van der Waals surface area contributed by atoms with Crippen molar-refractivity contribution in [3.8, 4) is 0 Å². The van der Waals surface area contributed by atoms with Gasteiger partial charge < -0.3 is 0 Å². The Hall–Kier alpha value is -0.700. The quantitative estimate of drug-likeness (QED) is 0.801. The van der Waals surface area contributed by atoms with Gasteiger partial charge in [0, 0.05) is 30.4 Å². The third-order valence-electron chi connectivity index (χ3n) is 2.55. The summed E-state index contributed by atoms with van der Waals surface area (Å²) in [5.41, 5.74) is 0. The fraction of sp³-hybridized carbons (Fsp3) is 0.364. The molecule has 0 amide bonds. The van der Waals surface area contributed by atoms with Gasteiger partial charge in [-0.05, 0) is 41.4 Å². The van der Waals surface area contributed by atoms with Gasteiger partial charge in [0.2, 0.25) is 10.0 Å². The molecule has 0 aliphatic heterocycles. The summed E-state index contributed by atoms with van der Waals surface area (Å²) in [6.45, 7) is 2.89. The van der Waals surface area contributed by atoms with Gasteiger partial charge in [0.15, 0.2) is 0 Å². The van der Waals surface area contributed by atoms with Crippen LogP contribution in [0.3, 0.4) is 0 Å². The summed E-state index contributed by atoms with van der Waals surface area (Å²) in [6, 6.07) is 3.48. The molecule has 0 saturated heterocycles. The summed E-state index contributed by atoms with van der Waals surface area (Å²) in [7, 11) is -3.41. The molecule has 2 rings (SSSR count). The van der Waals surface area contributed by atoms with Crippen LogP contribution in [0.2, 0.25) is 0 Å². The Morgan fingerprint density at radius 3 is 2.89 bits per heavy atom. The molecule has 104 valence electrons. The van der Waals surface area contributed by atoms with Crippen molar-refractivity contribution in [2.24, 2.45) is 0 Å². The van der Waals surface area contributed by atoms with E-state index >= 15 is 0 Å². The molecule has 8 heteroatoms. The predicted octanol–water partition coefficient (Wildman–Crippen LogP) is 2.38. The molecule has 5 nitrogen and oxygen atoms in total. The molecule has 0 unspecified atom stereocenters. The monoisotopic (exact) mass is 363 g/mol. The molecule has 2 aromatic rings. The van der Waals surface area contributed by atoms with Crippen LogP contribution >= 0.6 is 27.3 Å². The van der Waals surface area contributed by atoms with Crippen LogP contribution in [0.5, 0.6) is 0 Å². The van der Waals surface area contributed by atoms with Crippen molar-refractivity contribution < 1.29 is 8.42 Å². The molecule has 0 radical (unpaired) electrons. The van der Waals surface area contributed by atoms with Crippen LogP contribution in [-0.4, -0.2) is 24.7 Å². The van der Waals surface area contributed by atoms with Gasteiger partial charge in [-0.1, -0.05) is 0 Å². The highest BCUT2D eigenvalue weighted by Crippen LogP contribution is 2.29. The molecule has 0 saturated carbocycles. The highest BCUT2D eigenvalue weighted by atomic mass is 79.9. The molecule has 0 fully saturated rings. The van der Waals surface area contributed by atoms with Gasteiger partial charge in [0.05, 0.1) is 8.68 Å². The van der Waals surface area contributed by atoms with E-state index in [1.807, 2.05) is 12.3 Å². The predicted molar refractivity (Wildman–Crippen MR) is 78.8 cm³/mol. The van der Waals surface area contributed by atoms with Gasteiger partial charge in [-0.2, -0.15) is 5.10 Å². The zero-order valence-electron chi connectivity index (χ0n) is 10.3. The molecule has 0 spiro atoms. The van der Waals surface area contributed by atoms with Gasteiger partial charge in [0.25, 0.3) is 0 Å². The van der Waals surface area contributed by atoms with Crippen LogP contribution in [0.15, 0.2) is 33.2 Å². The molecule has 0 aliphatic rings. The zero-order chi connectivity index (χ0) is 13.9. The van der Waals surface area contributed by atoms with E-state index in [1.165, 1.54) is 11.3 Å². The first-order chi connectivity index (χ1) is 8.99. The summed E-state index contributed by atoms with van der Waals surface area (Å²) in [5.74, 6) is 0. The number of rotatable bonds is 6. The molecule has 19 heavy (non-hydrogen) atoms. The Morgan fingerprint density at radius 1 is 1.53 bits per heavy atom. The zero-order valence-corrected chi connectivity index (χ0v) is 13.6. The maximum Gasteiger partial charge on any atom is 0.241 e. The molecule has 2 aromatic heterocycles. The second-order valence-corrected chi connectivity index (χ2v) is 8.36. The molecular weight excluding hydrogens is 350 g/mol. The standard InChI is InChI=1S/C11H14BrN3O2S2/c1-9-10(8-11(12)18-9)19(16,17)14-5-3-7-15-6-2-4-13-15/h2,4,6,8,14H,3,5,7H2,1H3. The van der Waals surface area contributed by atoms with Gasteiger partial charge in [-0.25, -0.2) is 13.1 Å². The summed E-state index contributed by atoms with van der Waals surface area (Å²) in [4.78, 5) is 1.13. The summed E-state index contributed by atoms with van der Waals surface area (Å²) < 4.78 is 29.4. The number of thiophene rings is 1. The van der Waals surface area contributed by atoms with Gasteiger partial charge in [-0.3, -0.25) is 4.68 Å². The lowest BCUT2D eigenvalue weighted by atomic mass is 10.4. The summed E-state index contributed by atoms with van der Waals surface area (Å²) >= 11 is 4.71. The van der Waals surface area contributed by atoms with Crippen LogP contribution < -0.4 is 4.72 Å². The normalized spacial score (nSPS) is 11.9. The Labute approximate surface area is 124 Å². The van der Waals surface area contributed by atoms with E-state index < -0.39 is 10.0 Å². The molecule has 0 atom stereocenters. The first-order valence-electron chi connectivity index (χ1n) is 5.72. The van der Waals surface area contributed by atoms with Crippen molar-refractivity contribution >= 4 is 37.3 Å². The minimum absolute atomic E-state index is 0.350. The number of halogens is 1. The SMILES string of the molecule is Cc1sc(Br)cc1S(=O)(=O)NCCCn1cccn1. The number of nitrogens with zero attached hydrogens (tertiary/aromatic N) is 2. The van der Waals surface area contributed by atoms with E-state index in [9.17, 15) is 8.42 Å². The third kappa shape index (κ3) is 3.88. The lowest BCUT2D eigenvalue weighted by molar-refractivity contribution is 0.553. The van der Waals surface area contributed by atoms with E-state index in [1.54, 1.807) is 23.9 Å². The van der Waals surface area contributed by atoms with Crippen molar-refractivity contribution in [2.75, 3.05) is 6.54 Å². The number of aryl methyl sites for hydroxylation is 2. The highest BCUT2D eigenvalue weighted by molar-refractivity contribution is 9.11. The van der Waals surface area contributed by atoms with Crippen LogP contribution in [0, 0.1) is 6.92 Å². The van der Waals surface area contributed by atoms with E-state index in [4.69, 9.17) is 0 Å². The Kier molecular flexibility index (Phi) is 4.77. The van der Waals surface area contributed by atoms with Crippen molar-refractivity contribution in [2.45, 2.75) is 24.8 Å². The first kappa shape index (κ1) is 14.7. The van der Waals surface area contributed by atoms with E-state index in [0.717, 1.165) is 8.66 Å². The molecular formula is C11H14BrN3O2S2. The summed E-state index contributed by atoms with van der Waals surface area (Å²) in [6.07, 6.45) is 4.26. The Bertz CT molecular complexity index is 635. The van der Waals surface area contributed by atoms with Crippen LogP contribution in [0.25, 0.3) is 0 Å². The minimum Gasteiger partial charge on any atom is -0.273 e. The van der Waals surface area contributed by atoms with Gasteiger partial charge in [-0.15, -0.1) is 11.3 Å². The van der Waals surface area contributed by atoms with Crippen LogP contribution in [0.1, 0.15) is 11.3 Å². The van der Waals surface area contributed by atoms with Gasteiger partial charge >= 0.3 is 0 Å². The average Bonchev–Trinajstić information content (AvgIpc) is 2.94. The van der Waals surface area contributed by atoms with E-state index in [-0.39, 0.29) is 0 Å². The Morgan fingerprint density at radius 2 is 2.32 bits per heavy atom. The van der Waals surface area contributed by atoms with Gasteiger partial charge in [0.1, 0.15) is 0 Å². The molecule has 0 aliphatic carbocycles. The number of sulfonamides is 1. The largest absolute Gasteiger partial charge is 0.273 e. The van der Waals surface area contributed by atoms with Crippen LogP contribution in [0.4, 0.5) is 0 Å². The third-order valence-corrected chi connectivity index (χ3v) is 5.82. The summed E-state index contributed by atoms with van der Waals surface area (Å²) in [5, 5.41) is 4.06. The van der Waals surface area contributed by atoms with Crippen molar-refractivity contribution in [3.05, 3.63) is 33.2 Å². The molecule has 0 aromatic carbocycles. The molecule has 1 N–H and O–H groups in total. The van der Waals surface area contributed by atoms with Crippen molar-refractivity contribution in [3.63, 3.8) is 0 Å². The number of nitrogens with one attached hydrogen (secondary N) is 1. The highest BCUT2D eigenvalue weighted by Gasteiger charge is 2.18. The lowest BCUT2D eigenvalue weighted by Crippen LogP contribution is -2.25. The first-order valence-corrected chi connectivity index (χ1v) is 8.81. The number of aromatic nitrogens is 2. The lowest BCUT2D eigenvalue weighted by Gasteiger charge is -2.06.